The molecule has 25 heavy (non-hydrogen) atoms. The lowest BCUT2D eigenvalue weighted by Crippen LogP contribution is -2.32. The van der Waals surface area contributed by atoms with E-state index in [2.05, 4.69) is 10.6 Å². The molecular weight excluding hydrogens is 338 g/mol. The summed E-state index contributed by atoms with van der Waals surface area (Å²) in [5.41, 5.74) is 1.61. The van der Waals surface area contributed by atoms with Crippen LogP contribution in [0.3, 0.4) is 0 Å². The van der Waals surface area contributed by atoms with Crippen molar-refractivity contribution < 1.29 is 14.3 Å². The van der Waals surface area contributed by atoms with Crippen LogP contribution in [-0.2, 0) is 20.7 Å². The number of anilines is 1. The van der Waals surface area contributed by atoms with Gasteiger partial charge in [0.15, 0.2) is 0 Å². The fraction of sp³-hybridized carbons (Fsp3) is 0.444. The van der Waals surface area contributed by atoms with E-state index in [0.29, 0.717) is 35.9 Å². The van der Waals surface area contributed by atoms with Crippen molar-refractivity contribution >= 4 is 29.3 Å². The Morgan fingerprint density at radius 2 is 1.96 bits per heavy atom. The molecule has 6 nitrogen and oxygen atoms in total. The first kappa shape index (κ1) is 19.3. The number of hydrogen-bond acceptors (Lipinski definition) is 5. The molecule has 0 atom stereocenters. The van der Waals surface area contributed by atoms with Crippen molar-refractivity contribution in [3.05, 3.63) is 40.5 Å². The average Bonchev–Trinajstić information content (AvgIpc) is 2.56. The Hall–Kier alpha value is -1.99. The molecule has 1 heterocycles. The Kier molecular flexibility index (Phi) is 7.33. The van der Waals surface area contributed by atoms with E-state index in [1.54, 1.807) is 6.92 Å². The SMILES string of the molecule is CC1=C(C(=O)Nc2ccc(CC(=O)NCCN(C)C)cc2)SCCO1. The van der Waals surface area contributed by atoms with E-state index < -0.39 is 0 Å². The van der Waals surface area contributed by atoms with Crippen LogP contribution in [0.5, 0.6) is 0 Å². The highest BCUT2D eigenvalue weighted by atomic mass is 32.2. The third-order valence-corrected chi connectivity index (χ3v) is 4.76. The van der Waals surface area contributed by atoms with Crippen LogP contribution < -0.4 is 10.6 Å². The molecule has 7 heteroatoms. The molecule has 0 radical (unpaired) electrons. The Morgan fingerprint density at radius 1 is 1.24 bits per heavy atom. The second-order valence-corrected chi connectivity index (χ2v) is 7.17. The van der Waals surface area contributed by atoms with E-state index >= 15 is 0 Å². The smallest absolute Gasteiger partial charge is 0.265 e. The standard InChI is InChI=1S/C18H25N3O3S/c1-13-17(25-11-10-24-13)18(23)20-15-6-4-14(5-7-15)12-16(22)19-8-9-21(2)3/h4-7H,8-12H2,1-3H3,(H,19,22)(H,20,23). The van der Waals surface area contributed by atoms with E-state index in [4.69, 9.17) is 4.74 Å². The van der Waals surface area contributed by atoms with Gasteiger partial charge in [0.1, 0.15) is 10.7 Å². The molecule has 1 aliphatic rings. The molecule has 2 rings (SSSR count). The third-order valence-electron chi connectivity index (χ3n) is 3.63. The molecule has 1 aromatic carbocycles. The van der Waals surface area contributed by atoms with E-state index in [9.17, 15) is 9.59 Å². The number of thioether (sulfide) groups is 1. The van der Waals surface area contributed by atoms with E-state index in [1.807, 2.05) is 43.3 Å². The highest BCUT2D eigenvalue weighted by Gasteiger charge is 2.18. The van der Waals surface area contributed by atoms with Crippen LogP contribution in [0.1, 0.15) is 12.5 Å². The van der Waals surface area contributed by atoms with Gasteiger partial charge in [-0.1, -0.05) is 12.1 Å². The van der Waals surface area contributed by atoms with Gasteiger partial charge in [-0.3, -0.25) is 9.59 Å². The van der Waals surface area contributed by atoms with Crippen LogP contribution >= 0.6 is 11.8 Å². The number of amides is 2. The predicted octanol–water partition coefficient (Wildman–Crippen LogP) is 1.84. The van der Waals surface area contributed by atoms with Gasteiger partial charge in [0, 0.05) is 24.5 Å². The molecular formula is C18H25N3O3S. The van der Waals surface area contributed by atoms with Crippen molar-refractivity contribution in [3.8, 4) is 0 Å². The molecule has 2 amide bonds. The van der Waals surface area contributed by atoms with E-state index in [1.165, 1.54) is 11.8 Å². The Balaban J connectivity index is 1.85. The number of benzene rings is 1. The molecule has 0 saturated heterocycles. The molecule has 136 valence electrons. The van der Waals surface area contributed by atoms with Gasteiger partial charge in [-0.05, 0) is 38.7 Å². The molecule has 0 aliphatic carbocycles. The zero-order valence-corrected chi connectivity index (χ0v) is 15.7. The summed E-state index contributed by atoms with van der Waals surface area (Å²) in [6, 6.07) is 7.33. The Bertz CT molecular complexity index is 641. The number of ether oxygens (including phenoxy) is 1. The Morgan fingerprint density at radius 3 is 2.60 bits per heavy atom. The lowest BCUT2D eigenvalue weighted by atomic mass is 10.1. The first-order valence-electron chi connectivity index (χ1n) is 8.24. The van der Waals surface area contributed by atoms with Gasteiger partial charge < -0.3 is 20.3 Å². The minimum Gasteiger partial charge on any atom is -0.496 e. The molecule has 2 N–H and O–H groups in total. The molecule has 1 aliphatic heterocycles. The number of likely N-dealkylation sites (N-methyl/N-ethyl adjacent to an activating group) is 1. The maximum atomic E-state index is 12.3. The quantitative estimate of drug-likeness (QED) is 0.774. The van der Waals surface area contributed by atoms with Gasteiger partial charge in [0.05, 0.1) is 13.0 Å². The average molecular weight is 363 g/mol. The minimum absolute atomic E-state index is 0.00447. The fourth-order valence-electron chi connectivity index (χ4n) is 2.29. The summed E-state index contributed by atoms with van der Waals surface area (Å²) in [5.74, 6) is 1.29. The fourth-order valence-corrected chi connectivity index (χ4v) is 3.11. The second-order valence-electron chi connectivity index (χ2n) is 6.06. The monoisotopic (exact) mass is 363 g/mol. The van der Waals surface area contributed by atoms with Crippen molar-refractivity contribution in [1.29, 1.82) is 0 Å². The minimum atomic E-state index is -0.156. The normalized spacial score (nSPS) is 14.2. The summed E-state index contributed by atoms with van der Waals surface area (Å²) in [7, 11) is 3.93. The van der Waals surface area contributed by atoms with Crippen LogP contribution in [0.15, 0.2) is 34.9 Å². The summed E-state index contributed by atoms with van der Waals surface area (Å²) >= 11 is 1.51. The third kappa shape index (κ3) is 6.43. The number of rotatable bonds is 7. The highest BCUT2D eigenvalue weighted by Crippen LogP contribution is 2.26. The summed E-state index contributed by atoms with van der Waals surface area (Å²) < 4.78 is 5.41. The number of nitrogens with zero attached hydrogens (tertiary/aromatic N) is 1. The van der Waals surface area contributed by atoms with E-state index in [0.717, 1.165) is 17.9 Å². The van der Waals surface area contributed by atoms with Crippen molar-refractivity contribution in [2.24, 2.45) is 0 Å². The maximum absolute atomic E-state index is 12.3. The lowest BCUT2D eigenvalue weighted by molar-refractivity contribution is -0.120. The van der Waals surface area contributed by atoms with Crippen molar-refractivity contribution in [3.63, 3.8) is 0 Å². The van der Waals surface area contributed by atoms with Crippen LogP contribution in [0.4, 0.5) is 5.69 Å². The second kappa shape index (κ2) is 9.48. The first-order valence-corrected chi connectivity index (χ1v) is 9.22. The topological polar surface area (TPSA) is 70.7 Å². The molecule has 0 fully saturated rings. The van der Waals surface area contributed by atoms with Gasteiger partial charge in [-0.25, -0.2) is 0 Å². The van der Waals surface area contributed by atoms with Crippen LogP contribution in [0.2, 0.25) is 0 Å². The molecule has 1 aromatic rings. The lowest BCUT2D eigenvalue weighted by Gasteiger charge is -2.17. The van der Waals surface area contributed by atoms with Crippen LogP contribution in [0.25, 0.3) is 0 Å². The van der Waals surface area contributed by atoms with Crippen molar-refractivity contribution in [2.75, 3.05) is 44.9 Å². The zero-order chi connectivity index (χ0) is 18.2. The number of carbonyl (C=O) groups is 2. The van der Waals surface area contributed by atoms with Crippen LogP contribution in [-0.4, -0.2) is 56.3 Å². The maximum Gasteiger partial charge on any atom is 0.265 e. The molecule has 0 saturated carbocycles. The van der Waals surface area contributed by atoms with Gasteiger partial charge in [0.25, 0.3) is 5.91 Å². The predicted molar refractivity (Wildman–Crippen MR) is 101 cm³/mol. The van der Waals surface area contributed by atoms with Gasteiger partial charge in [-0.2, -0.15) is 0 Å². The van der Waals surface area contributed by atoms with Crippen LogP contribution in [0, 0.1) is 0 Å². The number of hydrogen-bond donors (Lipinski definition) is 2. The zero-order valence-electron chi connectivity index (χ0n) is 14.9. The molecule has 0 bridgehead atoms. The summed E-state index contributed by atoms with van der Waals surface area (Å²) in [4.78, 5) is 26.8. The summed E-state index contributed by atoms with van der Waals surface area (Å²) in [6.45, 7) is 3.89. The van der Waals surface area contributed by atoms with Gasteiger partial charge in [0.2, 0.25) is 5.91 Å². The van der Waals surface area contributed by atoms with Crippen molar-refractivity contribution in [1.82, 2.24) is 10.2 Å². The molecule has 0 aromatic heterocycles. The summed E-state index contributed by atoms with van der Waals surface area (Å²) in [5, 5.41) is 5.75. The number of carbonyl (C=O) groups excluding carboxylic acids is 2. The largest absolute Gasteiger partial charge is 0.496 e. The highest BCUT2D eigenvalue weighted by molar-refractivity contribution is 8.04. The van der Waals surface area contributed by atoms with Gasteiger partial charge >= 0.3 is 0 Å². The number of nitrogens with one attached hydrogen (secondary N) is 2. The van der Waals surface area contributed by atoms with E-state index in [-0.39, 0.29) is 11.8 Å². The molecule has 0 spiro atoms. The Labute approximate surface area is 153 Å². The number of allylic oxidation sites excluding steroid dienone is 1. The summed E-state index contributed by atoms with van der Waals surface area (Å²) in [6.07, 6.45) is 0.329. The van der Waals surface area contributed by atoms with Crippen molar-refractivity contribution in [2.45, 2.75) is 13.3 Å². The van der Waals surface area contributed by atoms with Gasteiger partial charge in [-0.15, -0.1) is 11.8 Å². The first-order chi connectivity index (χ1) is 12.0. The molecule has 0 unspecified atom stereocenters.